The fourth-order valence-corrected chi connectivity index (χ4v) is 3.70. The van der Waals surface area contributed by atoms with E-state index in [-0.39, 0.29) is 11.7 Å². The number of carbonyl (C=O) groups excluding carboxylic acids is 1. The number of fused-ring (bicyclic) bond motifs is 1. The normalized spacial score (nSPS) is 16.4. The van der Waals surface area contributed by atoms with E-state index in [0.29, 0.717) is 24.4 Å². The fourth-order valence-electron chi connectivity index (χ4n) is 3.70. The molecule has 0 saturated carbocycles. The zero-order chi connectivity index (χ0) is 20.3. The summed E-state index contributed by atoms with van der Waals surface area (Å²) >= 11 is 0. The van der Waals surface area contributed by atoms with Gasteiger partial charge in [0.2, 0.25) is 5.91 Å². The van der Waals surface area contributed by atoms with Gasteiger partial charge in [-0.15, -0.1) is 0 Å². The highest BCUT2D eigenvalue weighted by atomic mass is 19.1. The molecule has 0 fully saturated rings. The number of nitrogens with one attached hydrogen (secondary N) is 2. The summed E-state index contributed by atoms with van der Waals surface area (Å²) in [5.74, 6) is 0.201. The molecule has 0 aromatic heterocycles. The molecule has 1 unspecified atom stereocenters. The smallest absolute Gasteiger partial charge is 0.246 e. The topological polar surface area (TPSA) is 59.6 Å². The molecule has 0 saturated heterocycles. The van der Waals surface area contributed by atoms with Crippen LogP contribution in [-0.4, -0.2) is 33.3 Å². The standard InChI is InChI=1S/C22H27FN2O3/c1-22(2,13-27-3)18-8-5-15(12-19(18)23)25-21(26)20-17-7-6-16(28-4)11-14(17)9-10-24-20/h5-8,11-12,20,24H,9-10,13H2,1-4H3,(H,25,26). The van der Waals surface area contributed by atoms with Crippen molar-refractivity contribution in [2.45, 2.75) is 31.7 Å². The summed E-state index contributed by atoms with van der Waals surface area (Å²) in [6.07, 6.45) is 0.828. The molecule has 150 valence electrons. The second kappa shape index (κ2) is 8.29. The van der Waals surface area contributed by atoms with Gasteiger partial charge < -0.3 is 20.1 Å². The summed E-state index contributed by atoms with van der Waals surface area (Å²) in [6, 6.07) is 10.0. The number of rotatable bonds is 6. The third-order valence-electron chi connectivity index (χ3n) is 5.14. The van der Waals surface area contributed by atoms with Crippen molar-refractivity contribution in [3.63, 3.8) is 0 Å². The summed E-state index contributed by atoms with van der Waals surface area (Å²) in [4.78, 5) is 12.8. The SMILES string of the molecule is COCC(C)(C)c1ccc(NC(=O)C2NCCc3cc(OC)ccc32)cc1F. The first-order valence-corrected chi connectivity index (χ1v) is 9.36. The van der Waals surface area contributed by atoms with E-state index in [4.69, 9.17) is 9.47 Å². The number of halogens is 1. The van der Waals surface area contributed by atoms with Gasteiger partial charge in [0.1, 0.15) is 17.6 Å². The lowest BCUT2D eigenvalue weighted by Crippen LogP contribution is -2.38. The van der Waals surface area contributed by atoms with E-state index in [0.717, 1.165) is 23.3 Å². The Balaban J connectivity index is 1.78. The zero-order valence-corrected chi connectivity index (χ0v) is 16.8. The van der Waals surface area contributed by atoms with Gasteiger partial charge in [0, 0.05) is 24.8 Å². The maximum absolute atomic E-state index is 14.6. The Morgan fingerprint density at radius 2 is 2.04 bits per heavy atom. The Hall–Kier alpha value is -2.44. The second-order valence-corrected chi connectivity index (χ2v) is 7.70. The molecule has 1 atom stereocenters. The Morgan fingerprint density at radius 3 is 2.71 bits per heavy atom. The predicted molar refractivity (Wildman–Crippen MR) is 107 cm³/mol. The molecule has 1 heterocycles. The van der Waals surface area contributed by atoms with Gasteiger partial charge in [-0.25, -0.2) is 4.39 Å². The van der Waals surface area contributed by atoms with Crippen LogP contribution in [0.4, 0.5) is 10.1 Å². The number of carbonyl (C=O) groups is 1. The first-order chi connectivity index (χ1) is 13.4. The first kappa shape index (κ1) is 20.3. The number of hydrogen-bond donors (Lipinski definition) is 2. The highest BCUT2D eigenvalue weighted by Gasteiger charge is 2.28. The average molecular weight is 386 g/mol. The molecule has 0 radical (unpaired) electrons. The van der Waals surface area contributed by atoms with Crippen molar-refractivity contribution in [2.24, 2.45) is 0 Å². The van der Waals surface area contributed by atoms with Gasteiger partial charge in [-0.2, -0.15) is 0 Å². The molecule has 0 aliphatic carbocycles. The summed E-state index contributed by atoms with van der Waals surface area (Å²) in [6.45, 7) is 4.94. The van der Waals surface area contributed by atoms with Gasteiger partial charge in [-0.1, -0.05) is 26.0 Å². The minimum Gasteiger partial charge on any atom is -0.497 e. The van der Waals surface area contributed by atoms with E-state index in [2.05, 4.69) is 10.6 Å². The number of hydrogen-bond acceptors (Lipinski definition) is 4. The lowest BCUT2D eigenvalue weighted by Gasteiger charge is -2.27. The van der Waals surface area contributed by atoms with Crippen LogP contribution in [0.3, 0.4) is 0 Å². The molecule has 0 spiro atoms. The van der Waals surface area contributed by atoms with Crippen LogP contribution in [0.25, 0.3) is 0 Å². The number of amides is 1. The highest BCUT2D eigenvalue weighted by Crippen LogP contribution is 2.30. The van der Waals surface area contributed by atoms with Gasteiger partial charge in [0.05, 0.1) is 13.7 Å². The van der Waals surface area contributed by atoms with Crippen LogP contribution in [0.5, 0.6) is 5.75 Å². The molecule has 2 aromatic rings. The number of anilines is 1. The van der Waals surface area contributed by atoms with E-state index in [9.17, 15) is 9.18 Å². The molecule has 1 amide bonds. The summed E-state index contributed by atoms with van der Waals surface area (Å²) in [5.41, 5.74) is 2.54. The predicted octanol–water partition coefficient (Wildman–Crippen LogP) is 3.58. The number of benzene rings is 2. The molecule has 1 aliphatic heterocycles. The van der Waals surface area contributed by atoms with Gasteiger partial charge in [-0.05, 0) is 47.4 Å². The lowest BCUT2D eigenvalue weighted by atomic mass is 9.85. The van der Waals surface area contributed by atoms with Crippen molar-refractivity contribution in [1.29, 1.82) is 0 Å². The summed E-state index contributed by atoms with van der Waals surface area (Å²) in [7, 11) is 3.22. The summed E-state index contributed by atoms with van der Waals surface area (Å²) < 4.78 is 25.1. The van der Waals surface area contributed by atoms with E-state index in [1.807, 2.05) is 32.0 Å². The van der Waals surface area contributed by atoms with Crippen LogP contribution in [0.2, 0.25) is 0 Å². The molecule has 28 heavy (non-hydrogen) atoms. The molecule has 2 N–H and O–H groups in total. The average Bonchev–Trinajstić information content (AvgIpc) is 2.66. The quantitative estimate of drug-likeness (QED) is 0.797. The third-order valence-corrected chi connectivity index (χ3v) is 5.14. The third kappa shape index (κ3) is 4.18. The van der Waals surface area contributed by atoms with E-state index in [1.54, 1.807) is 26.4 Å². The van der Waals surface area contributed by atoms with Gasteiger partial charge in [0.25, 0.3) is 0 Å². The molecule has 5 nitrogen and oxygen atoms in total. The van der Waals surface area contributed by atoms with Crippen LogP contribution >= 0.6 is 0 Å². The van der Waals surface area contributed by atoms with Crippen molar-refractivity contribution in [3.8, 4) is 5.75 Å². The molecular weight excluding hydrogens is 359 g/mol. The molecule has 3 rings (SSSR count). The largest absolute Gasteiger partial charge is 0.497 e. The van der Waals surface area contributed by atoms with Gasteiger partial charge in [0.15, 0.2) is 0 Å². The maximum Gasteiger partial charge on any atom is 0.246 e. The van der Waals surface area contributed by atoms with E-state index in [1.165, 1.54) is 6.07 Å². The monoisotopic (exact) mass is 386 g/mol. The lowest BCUT2D eigenvalue weighted by molar-refractivity contribution is -0.118. The number of ether oxygens (including phenoxy) is 2. The Bertz CT molecular complexity index is 867. The van der Waals surface area contributed by atoms with E-state index >= 15 is 0 Å². The van der Waals surface area contributed by atoms with Crippen LogP contribution in [0.15, 0.2) is 36.4 Å². The van der Waals surface area contributed by atoms with Crippen molar-refractivity contribution in [3.05, 3.63) is 58.9 Å². The van der Waals surface area contributed by atoms with Crippen molar-refractivity contribution < 1.29 is 18.7 Å². The van der Waals surface area contributed by atoms with Gasteiger partial charge in [-0.3, -0.25) is 4.79 Å². The van der Waals surface area contributed by atoms with Gasteiger partial charge >= 0.3 is 0 Å². The summed E-state index contributed by atoms with van der Waals surface area (Å²) in [5, 5.41) is 6.07. The Kier molecular flexibility index (Phi) is 6.01. The Labute approximate surface area is 165 Å². The van der Waals surface area contributed by atoms with Crippen molar-refractivity contribution >= 4 is 11.6 Å². The van der Waals surface area contributed by atoms with Crippen molar-refractivity contribution in [1.82, 2.24) is 5.32 Å². The van der Waals surface area contributed by atoms with Crippen LogP contribution in [-0.2, 0) is 21.4 Å². The van der Waals surface area contributed by atoms with Crippen LogP contribution < -0.4 is 15.4 Å². The highest BCUT2D eigenvalue weighted by molar-refractivity contribution is 5.96. The molecule has 1 aliphatic rings. The zero-order valence-electron chi connectivity index (χ0n) is 16.8. The minimum atomic E-state index is -0.484. The molecule has 6 heteroatoms. The van der Waals surface area contributed by atoms with Crippen LogP contribution in [0, 0.1) is 5.82 Å². The van der Waals surface area contributed by atoms with E-state index < -0.39 is 11.5 Å². The fraction of sp³-hybridized carbons (Fsp3) is 0.409. The Morgan fingerprint density at radius 1 is 1.25 bits per heavy atom. The number of methoxy groups -OCH3 is 2. The first-order valence-electron chi connectivity index (χ1n) is 9.36. The maximum atomic E-state index is 14.6. The van der Waals surface area contributed by atoms with Crippen molar-refractivity contribution in [2.75, 3.05) is 32.7 Å². The van der Waals surface area contributed by atoms with Crippen LogP contribution in [0.1, 0.15) is 36.6 Å². The minimum absolute atomic E-state index is 0.214. The molecule has 2 aromatic carbocycles. The molecular formula is C22H27FN2O3. The molecule has 0 bridgehead atoms. The second-order valence-electron chi connectivity index (χ2n) is 7.70.